The molecule has 0 aromatic heterocycles. The Balaban J connectivity index is 1.46. The third-order valence-corrected chi connectivity index (χ3v) is 5.71. The van der Waals surface area contributed by atoms with Crippen molar-refractivity contribution in [2.75, 3.05) is 39.6 Å². The molecule has 3 aliphatic rings. The number of amides is 1. The minimum absolute atomic E-state index is 0.126. The molecule has 1 aromatic carbocycles. The number of nitrogens with zero attached hydrogens (tertiary/aromatic N) is 1. The van der Waals surface area contributed by atoms with Gasteiger partial charge in [-0.2, -0.15) is 0 Å². The van der Waals surface area contributed by atoms with Gasteiger partial charge >= 0.3 is 0 Å². The number of morpholine rings is 1. The molecule has 1 aliphatic carbocycles. The maximum atomic E-state index is 12.6. The second kappa shape index (κ2) is 8.27. The second-order valence-electron chi connectivity index (χ2n) is 7.36. The first-order valence-corrected chi connectivity index (χ1v) is 9.80. The van der Waals surface area contributed by atoms with Gasteiger partial charge in [0.05, 0.1) is 19.3 Å². The molecule has 26 heavy (non-hydrogen) atoms. The predicted octanol–water partition coefficient (Wildman–Crippen LogP) is 2.49. The summed E-state index contributed by atoms with van der Waals surface area (Å²) >= 11 is 0. The lowest BCUT2D eigenvalue weighted by molar-refractivity contribution is -0.126. The highest BCUT2D eigenvalue weighted by molar-refractivity contribution is 5.78. The lowest BCUT2D eigenvalue weighted by atomic mass is 9.88. The summed E-state index contributed by atoms with van der Waals surface area (Å²) in [4.78, 5) is 15.0. The summed E-state index contributed by atoms with van der Waals surface area (Å²) in [6, 6.07) is 6.23. The van der Waals surface area contributed by atoms with Crippen molar-refractivity contribution in [3.8, 4) is 11.5 Å². The Hall–Kier alpha value is -1.79. The van der Waals surface area contributed by atoms with Gasteiger partial charge in [0.15, 0.2) is 11.5 Å². The summed E-state index contributed by atoms with van der Waals surface area (Å²) in [6.07, 6.45) is 5.66. The molecule has 2 aliphatic heterocycles. The third kappa shape index (κ3) is 3.96. The second-order valence-corrected chi connectivity index (χ2v) is 7.36. The summed E-state index contributed by atoms with van der Waals surface area (Å²) in [5.74, 6) is 1.98. The quantitative estimate of drug-likeness (QED) is 0.874. The van der Waals surface area contributed by atoms with Gasteiger partial charge in [-0.25, -0.2) is 0 Å². The molecule has 1 atom stereocenters. The van der Waals surface area contributed by atoms with E-state index in [9.17, 15) is 4.79 Å². The topological polar surface area (TPSA) is 60.0 Å². The lowest BCUT2D eigenvalue weighted by Gasteiger charge is -2.35. The molecular formula is C20H28N2O4. The van der Waals surface area contributed by atoms with Gasteiger partial charge in [-0.3, -0.25) is 9.69 Å². The summed E-state index contributed by atoms with van der Waals surface area (Å²) in [5, 5.41) is 3.22. The van der Waals surface area contributed by atoms with Crippen molar-refractivity contribution in [2.24, 2.45) is 5.92 Å². The van der Waals surface area contributed by atoms with Gasteiger partial charge in [-0.1, -0.05) is 25.3 Å². The van der Waals surface area contributed by atoms with Crippen LogP contribution in [0.5, 0.6) is 11.5 Å². The summed E-state index contributed by atoms with van der Waals surface area (Å²) in [7, 11) is 0. The number of benzene rings is 1. The van der Waals surface area contributed by atoms with E-state index < -0.39 is 0 Å². The minimum atomic E-state index is 0.126. The van der Waals surface area contributed by atoms with Crippen molar-refractivity contribution >= 4 is 5.91 Å². The number of fused-ring (bicyclic) bond motifs is 1. The molecule has 142 valence electrons. The molecule has 2 fully saturated rings. The SMILES string of the molecule is O=C(NCC(c1ccc2c(c1)OCO2)N1CCOCC1)C1CCCCC1. The zero-order valence-corrected chi connectivity index (χ0v) is 15.2. The molecular weight excluding hydrogens is 332 g/mol. The number of carbonyl (C=O) groups excluding carboxylic acids is 1. The summed E-state index contributed by atoms with van der Waals surface area (Å²) in [6.45, 7) is 4.11. The van der Waals surface area contributed by atoms with Crippen molar-refractivity contribution in [1.29, 1.82) is 0 Å². The van der Waals surface area contributed by atoms with Gasteiger partial charge in [0.2, 0.25) is 12.7 Å². The fraction of sp³-hybridized carbons (Fsp3) is 0.650. The van der Waals surface area contributed by atoms with Crippen LogP contribution in [0.3, 0.4) is 0 Å². The van der Waals surface area contributed by atoms with Gasteiger partial charge in [0, 0.05) is 25.6 Å². The predicted molar refractivity (Wildman–Crippen MR) is 97.3 cm³/mol. The zero-order chi connectivity index (χ0) is 17.8. The van der Waals surface area contributed by atoms with E-state index in [-0.39, 0.29) is 24.7 Å². The highest BCUT2D eigenvalue weighted by Crippen LogP contribution is 2.35. The van der Waals surface area contributed by atoms with Gasteiger partial charge in [0.25, 0.3) is 0 Å². The largest absolute Gasteiger partial charge is 0.454 e. The van der Waals surface area contributed by atoms with E-state index in [1.807, 2.05) is 6.07 Å². The Bertz CT molecular complexity index is 624. The first-order valence-electron chi connectivity index (χ1n) is 9.80. The van der Waals surface area contributed by atoms with Gasteiger partial charge < -0.3 is 19.5 Å². The highest BCUT2D eigenvalue weighted by atomic mass is 16.7. The average Bonchev–Trinajstić information content (AvgIpc) is 3.17. The van der Waals surface area contributed by atoms with Crippen LogP contribution in [-0.4, -0.2) is 50.4 Å². The van der Waals surface area contributed by atoms with Crippen LogP contribution in [0.4, 0.5) is 0 Å². The molecule has 1 saturated carbocycles. The normalized spacial score (nSPS) is 22.2. The van der Waals surface area contributed by atoms with Crippen LogP contribution in [0.25, 0.3) is 0 Å². The highest BCUT2D eigenvalue weighted by Gasteiger charge is 2.27. The Kier molecular flexibility index (Phi) is 5.60. The molecule has 1 unspecified atom stereocenters. The van der Waals surface area contributed by atoms with E-state index in [0.717, 1.165) is 56.2 Å². The first-order chi connectivity index (χ1) is 12.8. The van der Waals surface area contributed by atoms with Gasteiger partial charge in [0.1, 0.15) is 0 Å². The van der Waals surface area contributed by atoms with E-state index in [0.29, 0.717) is 6.54 Å². The Morgan fingerprint density at radius 3 is 2.69 bits per heavy atom. The number of nitrogens with one attached hydrogen (secondary N) is 1. The van der Waals surface area contributed by atoms with E-state index >= 15 is 0 Å². The molecule has 0 spiro atoms. The van der Waals surface area contributed by atoms with Crippen molar-refractivity contribution < 1.29 is 19.0 Å². The van der Waals surface area contributed by atoms with E-state index in [2.05, 4.69) is 22.3 Å². The number of hydrogen-bond acceptors (Lipinski definition) is 5. The standard InChI is InChI=1S/C20H28N2O4/c23-20(15-4-2-1-3-5-15)21-13-17(22-8-10-24-11-9-22)16-6-7-18-19(12-16)26-14-25-18/h6-7,12,15,17H,1-5,8-11,13-14H2,(H,21,23). The average molecular weight is 360 g/mol. The zero-order valence-electron chi connectivity index (χ0n) is 15.2. The Morgan fingerprint density at radius 2 is 1.88 bits per heavy atom. The van der Waals surface area contributed by atoms with Crippen LogP contribution in [0.15, 0.2) is 18.2 Å². The van der Waals surface area contributed by atoms with E-state index in [1.165, 1.54) is 19.3 Å². The number of carbonyl (C=O) groups is 1. The van der Waals surface area contributed by atoms with Crippen molar-refractivity contribution in [1.82, 2.24) is 10.2 Å². The van der Waals surface area contributed by atoms with Gasteiger partial charge in [-0.05, 0) is 30.5 Å². The summed E-state index contributed by atoms with van der Waals surface area (Å²) in [5.41, 5.74) is 1.15. The van der Waals surface area contributed by atoms with Crippen LogP contribution in [-0.2, 0) is 9.53 Å². The molecule has 4 rings (SSSR count). The fourth-order valence-corrected chi connectivity index (χ4v) is 4.17. The summed E-state index contributed by atoms with van der Waals surface area (Å²) < 4.78 is 16.5. The number of rotatable bonds is 5. The third-order valence-electron chi connectivity index (χ3n) is 5.71. The first kappa shape index (κ1) is 17.6. The van der Waals surface area contributed by atoms with Crippen LogP contribution in [0.1, 0.15) is 43.7 Å². The van der Waals surface area contributed by atoms with Crippen molar-refractivity contribution in [3.05, 3.63) is 23.8 Å². The molecule has 0 bridgehead atoms. The van der Waals surface area contributed by atoms with Crippen LogP contribution in [0, 0.1) is 5.92 Å². The van der Waals surface area contributed by atoms with Gasteiger partial charge in [-0.15, -0.1) is 0 Å². The molecule has 2 heterocycles. The lowest BCUT2D eigenvalue weighted by Crippen LogP contribution is -2.44. The Morgan fingerprint density at radius 1 is 1.12 bits per heavy atom. The van der Waals surface area contributed by atoms with Crippen LogP contribution >= 0.6 is 0 Å². The minimum Gasteiger partial charge on any atom is -0.454 e. The monoisotopic (exact) mass is 360 g/mol. The van der Waals surface area contributed by atoms with Crippen LogP contribution < -0.4 is 14.8 Å². The maximum absolute atomic E-state index is 12.6. The molecule has 1 aromatic rings. The molecule has 1 saturated heterocycles. The van der Waals surface area contributed by atoms with Crippen molar-refractivity contribution in [3.63, 3.8) is 0 Å². The molecule has 1 amide bonds. The smallest absolute Gasteiger partial charge is 0.231 e. The molecule has 1 N–H and O–H groups in total. The van der Waals surface area contributed by atoms with Crippen molar-refractivity contribution in [2.45, 2.75) is 38.1 Å². The molecule has 0 radical (unpaired) electrons. The number of ether oxygens (including phenoxy) is 3. The number of hydrogen-bond donors (Lipinski definition) is 1. The van der Waals surface area contributed by atoms with Crippen LogP contribution in [0.2, 0.25) is 0 Å². The Labute approximate surface area is 154 Å². The molecule has 6 heteroatoms. The van der Waals surface area contributed by atoms with E-state index in [4.69, 9.17) is 14.2 Å². The molecule has 6 nitrogen and oxygen atoms in total. The van der Waals surface area contributed by atoms with E-state index in [1.54, 1.807) is 0 Å². The fourth-order valence-electron chi connectivity index (χ4n) is 4.17. The maximum Gasteiger partial charge on any atom is 0.231 e.